The Balaban J connectivity index is 2.56. The molecule has 72 valence electrons. The van der Waals surface area contributed by atoms with Gasteiger partial charge in [0.15, 0.2) is 0 Å². The van der Waals surface area contributed by atoms with Crippen LogP contribution in [0, 0.1) is 5.82 Å². The summed E-state index contributed by atoms with van der Waals surface area (Å²) in [6, 6.07) is 4.56. The Hall–Kier alpha value is -0.740. The van der Waals surface area contributed by atoms with Gasteiger partial charge in [-0.2, -0.15) is 0 Å². The molecule has 0 aromatic heterocycles. The molecule has 1 rings (SSSR count). The van der Waals surface area contributed by atoms with Gasteiger partial charge in [-0.25, -0.2) is 4.39 Å². The van der Waals surface area contributed by atoms with Crippen LogP contribution in [0.1, 0.15) is 6.42 Å². The normalized spacial score (nSPS) is 10.3. The molecule has 0 unspecified atom stereocenters. The Morgan fingerprint density at radius 3 is 2.69 bits per heavy atom. The summed E-state index contributed by atoms with van der Waals surface area (Å²) in [5.41, 5.74) is 11.3. The maximum absolute atomic E-state index is 12.8. The van der Waals surface area contributed by atoms with Gasteiger partial charge in [-0.05, 0) is 36.9 Å². The van der Waals surface area contributed by atoms with Gasteiger partial charge in [0.25, 0.3) is 0 Å². The molecule has 0 aliphatic heterocycles. The number of halogens is 1. The standard InChI is InChI=1S/C9H13FN2S/c10-7-4-8(12)6-9(5-7)13-3-1-2-11/h4-6H,1-3,11-12H2. The van der Waals surface area contributed by atoms with Crippen molar-refractivity contribution in [2.45, 2.75) is 11.3 Å². The highest BCUT2D eigenvalue weighted by atomic mass is 32.2. The number of nitrogen functional groups attached to an aromatic ring is 1. The van der Waals surface area contributed by atoms with Crippen LogP contribution in [0.2, 0.25) is 0 Å². The lowest BCUT2D eigenvalue weighted by Crippen LogP contribution is -1.99. The lowest BCUT2D eigenvalue weighted by atomic mass is 10.3. The van der Waals surface area contributed by atoms with E-state index in [-0.39, 0.29) is 5.82 Å². The molecule has 0 spiro atoms. The molecule has 0 atom stereocenters. The van der Waals surface area contributed by atoms with Gasteiger partial charge in [-0.3, -0.25) is 0 Å². The zero-order valence-electron chi connectivity index (χ0n) is 7.29. The molecule has 13 heavy (non-hydrogen) atoms. The van der Waals surface area contributed by atoms with Crippen molar-refractivity contribution in [1.82, 2.24) is 0 Å². The van der Waals surface area contributed by atoms with Crippen LogP contribution in [0.5, 0.6) is 0 Å². The van der Waals surface area contributed by atoms with Crippen molar-refractivity contribution < 1.29 is 4.39 Å². The fourth-order valence-electron chi connectivity index (χ4n) is 0.941. The summed E-state index contributed by atoms with van der Waals surface area (Å²) in [6.45, 7) is 0.664. The van der Waals surface area contributed by atoms with Crippen molar-refractivity contribution in [2.75, 3.05) is 18.0 Å². The van der Waals surface area contributed by atoms with Crippen LogP contribution in [0.25, 0.3) is 0 Å². The van der Waals surface area contributed by atoms with Crippen molar-refractivity contribution in [3.05, 3.63) is 24.0 Å². The number of benzene rings is 1. The van der Waals surface area contributed by atoms with Gasteiger partial charge < -0.3 is 11.5 Å². The molecular formula is C9H13FN2S. The lowest BCUT2D eigenvalue weighted by molar-refractivity contribution is 0.625. The summed E-state index contributed by atoms with van der Waals surface area (Å²) in [7, 11) is 0. The van der Waals surface area contributed by atoms with E-state index in [2.05, 4.69) is 0 Å². The van der Waals surface area contributed by atoms with Gasteiger partial charge in [0, 0.05) is 10.6 Å². The second-order valence-corrected chi connectivity index (χ2v) is 3.88. The third kappa shape index (κ3) is 3.65. The van der Waals surface area contributed by atoms with E-state index in [4.69, 9.17) is 11.5 Å². The van der Waals surface area contributed by atoms with Gasteiger partial charge in [-0.1, -0.05) is 0 Å². The highest BCUT2D eigenvalue weighted by Gasteiger charge is 1.98. The van der Waals surface area contributed by atoms with Crippen molar-refractivity contribution in [3.63, 3.8) is 0 Å². The third-order valence-corrected chi connectivity index (χ3v) is 2.57. The molecule has 0 heterocycles. The molecule has 4 N–H and O–H groups in total. The van der Waals surface area contributed by atoms with Crippen molar-refractivity contribution >= 4 is 17.4 Å². The largest absolute Gasteiger partial charge is 0.399 e. The van der Waals surface area contributed by atoms with E-state index in [1.165, 1.54) is 12.1 Å². The minimum Gasteiger partial charge on any atom is -0.399 e. The summed E-state index contributed by atoms with van der Waals surface area (Å²) in [4.78, 5) is 0.867. The van der Waals surface area contributed by atoms with Crippen LogP contribution in [-0.4, -0.2) is 12.3 Å². The fourth-order valence-corrected chi connectivity index (χ4v) is 1.90. The molecule has 0 fully saturated rings. The molecule has 0 bridgehead atoms. The first-order chi connectivity index (χ1) is 6.22. The average molecular weight is 200 g/mol. The van der Waals surface area contributed by atoms with Gasteiger partial charge in [0.2, 0.25) is 0 Å². The van der Waals surface area contributed by atoms with Crippen LogP contribution < -0.4 is 11.5 Å². The quantitative estimate of drug-likeness (QED) is 0.443. The second-order valence-electron chi connectivity index (χ2n) is 2.71. The topological polar surface area (TPSA) is 52.0 Å². The predicted molar refractivity (Wildman–Crippen MR) is 55.2 cm³/mol. The SMILES string of the molecule is NCCCSc1cc(N)cc(F)c1. The lowest BCUT2D eigenvalue weighted by Gasteiger charge is -2.02. The Labute approximate surface area is 81.5 Å². The van der Waals surface area contributed by atoms with E-state index in [0.717, 1.165) is 17.1 Å². The molecule has 0 saturated carbocycles. The van der Waals surface area contributed by atoms with Gasteiger partial charge >= 0.3 is 0 Å². The van der Waals surface area contributed by atoms with Crippen molar-refractivity contribution in [1.29, 1.82) is 0 Å². The van der Waals surface area contributed by atoms with Crippen LogP contribution in [-0.2, 0) is 0 Å². The number of rotatable bonds is 4. The van der Waals surface area contributed by atoms with E-state index < -0.39 is 0 Å². The predicted octanol–water partition coefficient (Wildman–Crippen LogP) is 1.85. The molecule has 0 saturated heterocycles. The van der Waals surface area contributed by atoms with E-state index >= 15 is 0 Å². The zero-order chi connectivity index (χ0) is 9.68. The first kappa shape index (κ1) is 10.3. The molecule has 0 radical (unpaired) electrons. The summed E-state index contributed by atoms with van der Waals surface area (Å²) < 4.78 is 12.8. The summed E-state index contributed by atoms with van der Waals surface area (Å²) in [5, 5.41) is 0. The highest BCUT2D eigenvalue weighted by Crippen LogP contribution is 2.22. The smallest absolute Gasteiger partial charge is 0.126 e. The number of nitrogens with two attached hydrogens (primary N) is 2. The molecular weight excluding hydrogens is 187 g/mol. The molecule has 0 aliphatic rings. The van der Waals surface area contributed by atoms with Gasteiger partial charge in [0.05, 0.1) is 0 Å². The van der Waals surface area contributed by atoms with Crippen molar-refractivity contribution in [2.24, 2.45) is 5.73 Å². The van der Waals surface area contributed by atoms with Crippen LogP contribution in [0.4, 0.5) is 10.1 Å². The fraction of sp³-hybridized carbons (Fsp3) is 0.333. The monoisotopic (exact) mass is 200 g/mol. The Morgan fingerprint density at radius 1 is 1.31 bits per heavy atom. The van der Waals surface area contributed by atoms with Gasteiger partial charge in [-0.15, -0.1) is 11.8 Å². The van der Waals surface area contributed by atoms with Crippen molar-refractivity contribution in [3.8, 4) is 0 Å². The maximum Gasteiger partial charge on any atom is 0.126 e. The average Bonchev–Trinajstić information content (AvgIpc) is 2.03. The minimum absolute atomic E-state index is 0.282. The first-order valence-electron chi connectivity index (χ1n) is 4.11. The summed E-state index contributed by atoms with van der Waals surface area (Å²) in [5.74, 6) is 0.620. The maximum atomic E-state index is 12.8. The first-order valence-corrected chi connectivity index (χ1v) is 5.10. The van der Waals surface area contributed by atoms with E-state index in [9.17, 15) is 4.39 Å². The number of hydrogen-bond donors (Lipinski definition) is 2. The number of thioether (sulfide) groups is 1. The second kappa shape index (κ2) is 5.09. The zero-order valence-corrected chi connectivity index (χ0v) is 8.11. The molecule has 1 aromatic rings. The summed E-state index contributed by atoms with van der Waals surface area (Å²) in [6.07, 6.45) is 0.932. The molecule has 0 aliphatic carbocycles. The van der Waals surface area contributed by atoms with E-state index in [1.54, 1.807) is 17.8 Å². The number of anilines is 1. The van der Waals surface area contributed by atoms with Crippen LogP contribution in [0.15, 0.2) is 23.1 Å². The number of hydrogen-bond acceptors (Lipinski definition) is 3. The third-order valence-electron chi connectivity index (χ3n) is 1.51. The molecule has 1 aromatic carbocycles. The van der Waals surface area contributed by atoms with Crippen LogP contribution in [0.3, 0.4) is 0 Å². The molecule has 0 amide bonds. The molecule has 2 nitrogen and oxygen atoms in total. The van der Waals surface area contributed by atoms with E-state index in [0.29, 0.717) is 12.2 Å². The van der Waals surface area contributed by atoms with E-state index in [1.807, 2.05) is 0 Å². The van der Waals surface area contributed by atoms with Crippen LogP contribution >= 0.6 is 11.8 Å². The Morgan fingerprint density at radius 2 is 2.08 bits per heavy atom. The summed E-state index contributed by atoms with van der Waals surface area (Å²) >= 11 is 1.57. The highest BCUT2D eigenvalue weighted by molar-refractivity contribution is 7.99. The Bertz CT molecular complexity index is 258. The minimum atomic E-state index is -0.282. The van der Waals surface area contributed by atoms with Gasteiger partial charge in [0.1, 0.15) is 5.82 Å². The Kier molecular flexibility index (Phi) is 4.05. The molecule has 4 heteroatoms.